The van der Waals surface area contributed by atoms with Crippen molar-refractivity contribution in [3.63, 3.8) is 0 Å². The molecule has 0 unspecified atom stereocenters. The van der Waals surface area contributed by atoms with Crippen molar-refractivity contribution < 1.29 is 14.3 Å². The summed E-state index contributed by atoms with van der Waals surface area (Å²) in [5, 5.41) is 20.7. The number of nitrogens with zero attached hydrogens (tertiary/aromatic N) is 1. The van der Waals surface area contributed by atoms with Crippen LogP contribution in [-0.2, 0) is 0 Å². The Bertz CT molecular complexity index is 723. The summed E-state index contributed by atoms with van der Waals surface area (Å²) in [5.41, 5.74) is 6.79. The fourth-order valence-electron chi connectivity index (χ4n) is 1.71. The summed E-state index contributed by atoms with van der Waals surface area (Å²) in [6, 6.07) is 9.94. The zero-order chi connectivity index (χ0) is 14.7. The Kier molecular flexibility index (Phi) is 3.53. The first kappa shape index (κ1) is 13.4. The maximum absolute atomic E-state index is 13.0. The third-order valence-corrected chi connectivity index (χ3v) is 2.66. The number of aromatic carboxylic acids is 1. The highest BCUT2D eigenvalue weighted by Crippen LogP contribution is 2.24. The number of hydrogen-bond acceptors (Lipinski definition) is 4. The van der Waals surface area contributed by atoms with Gasteiger partial charge in [0, 0.05) is 11.4 Å². The van der Waals surface area contributed by atoms with E-state index >= 15 is 0 Å². The molecule has 6 heteroatoms. The Morgan fingerprint density at radius 1 is 1.30 bits per heavy atom. The Morgan fingerprint density at radius 3 is 2.65 bits per heavy atom. The number of nitriles is 1. The van der Waals surface area contributed by atoms with Crippen molar-refractivity contribution >= 4 is 23.0 Å². The van der Waals surface area contributed by atoms with Gasteiger partial charge in [0.15, 0.2) is 0 Å². The lowest BCUT2D eigenvalue weighted by Gasteiger charge is -2.10. The van der Waals surface area contributed by atoms with E-state index in [4.69, 9.17) is 16.1 Å². The Hall–Kier alpha value is -3.07. The third-order valence-electron chi connectivity index (χ3n) is 2.66. The number of carboxylic acids is 1. The number of nitrogen functional groups attached to an aromatic ring is 1. The van der Waals surface area contributed by atoms with Crippen molar-refractivity contribution in [3.8, 4) is 6.07 Å². The van der Waals surface area contributed by atoms with Crippen molar-refractivity contribution in [1.82, 2.24) is 0 Å². The van der Waals surface area contributed by atoms with E-state index in [1.165, 1.54) is 30.3 Å². The first-order valence-corrected chi connectivity index (χ1v) is 5.61. The Morgan fingerprint density at radius 2 is 2.05 bits per heavy atom. The average Bonchev–Trinajstić information content (AvgIpc) is 2.40. The molecule has 0 atom stereocenters. The van der Waals surface area contributed by atoms with Crippen LogP contribution in [0.5, 0.6) is 0 Å². The van der Waals surface area contributed by atoms with Crippen LogP contribution in [0.25, 0.3) is 0 Å². The van der Waals surface area contributed by atoms with Gasteiger partial charge in [-0.25, -0.2) is 9.18 Å². The maximum atomic E-state index is 13.0. The third kappa shape index (κ3) is 2.67. The number of carbonyl (C=O) groups is 1. The van der Waals surface area contributed by atoms with Crippen molar-refractivity contribution in [1.29, 1.82) is 5.26 Å². The summed E-state index contributed by atoms with van der Waals surface area (Å²) in [7, 11) is 0. The number of halogens is 1. The average molecular weight is 271 g/mol. The first-order chi connectivity index (χ1) is 9.51. The molecule has 5 nitrogen and oxygen atoms in total. The van der Waals surface area contributed by atoms with Gasteiger partial charge < -0.3 is 16.2 Å². The molecular formula is C14H10FN3O2. The summed E-state index contributed by atoms with van der Waals surface area (Å²) in [4.78, 5) is 10.8. The lowest BCUT2D eigenvalue weighted by atomic mass is 10.1. The fourth-order valence-corrected chi connectivity index (χ4v) is 1.71. The zero-order valence-electron chi connectivity index (χ0n) is 10.2. The maximum Gasteiger partial charge on any atom is 0.337 e. The van der Waals surface area contributed by atoms with Crippen LogP contribution >= 0.6 is 0 Å². The number of rotatable bonds is 3. The SMILES string of the molecule is N#Cc1cc(F)ccc1Nc1ccc(C(=O)O)c(N)c1. The molecule has 0 amide bonds. The molecule has 0 aromatic heterocycles. The van der Waals surface area contributed by atoms with Gasteiger partial charge in [0.2, 0.25) is 0 Å². The first-order valence-electron chi connectivity index (χ1n) is 5.61. The molecule has 0 spiro atoms. The van der Waals surface area contributed by atoms with E-state index < -0.39 is 11.8 Å². The predicted octanol–water partition coefficient (Wildman–Crippen LogP) is 2.72. The summed E-state index contributed by atoms with van der Waals surface area (Å²) >= 11 is 0. The molecule has 0 saturated carbocycles. The fraction of sp³-hybridized carbons (Fsp3) is 0. The van der Waals surface area contributed by atoms with Crippen LogP contribution in [0.1, 0.15) is 15.9 Å². The molecule has 20 heavy (non-hydrogen) atoms. The van der Waals surface area contributed by atoms with Gasteiger partial charge in [-0.3, -0.25) is 0 Å². The number of nitrogens with one attached hydrogen (secondary N) is 1. The van der Waals surface area contributed by atoms with Gasteiger partial charge in [0.1, 0.15) is 11.9 Å². The van der Waals surface area contributed by atoms with E-state index in [1.54, 1.807) is 0 Å². The van der Waals surface area contributed by atoms with Crippen LogP contribution in [0.2, 0.25) is 0 Å². The standard InChI is InChI=1S/C14H10FN3O2/c15-9-1-4-13(8(5-9)7-16)18-10-2-3-11(14(19)20)12(17)6-10/h1-6,18H,17H2,(H,19,20). The van der Waals surface area contributed by atoms with E-state index in [2.05, 4.69) is 5.32 Å². The quantitative estimate of drug-likeness (QED) is 0.745. The normalized spacial score (nSPS) is 9.80. The summed E-state index contributed by atoms with van der Waals surface area (Å²) in [6.07, 6.45) is 0. The van der Waals surface area contributed by atoms with Crippen LogP contribution < -0.4 is 11.1 Å². The van der Waals surface area contributed by atoms with Gasteiger partial charge in [0.25, 0.3) is 0 Å². The van der Waals surface area contributed by atoms with Crippen molar-refractivity contribution in [2.24, 2.45) is 0 Å². The van der Waals surface area contributed by atoms with Crippen LogP contribution in [0.4, 0.5) is 21.5 Å². The topological polar surface area (TPSA) is 99.1 Å². The Labute approximate surface area is 114 Å². The second-order valence-corrected chi connectivity index (χ2v) is 4.03. The number of benzene rings is 2. The van der Waals surface area contributed by atoms with Crippen molar-refractivity contribution in [2.75, 3.05) is 11.1 Å². The molecule has 0 aliphatic carbocycles. The van der Waals surface area contributed by atoms with Crippen LogP contribution in [-0.4, -0.2) is 11.1 Å². The molecule has 4 N–H and O–H groups in total. The molecule has 0 fully saturated rings. The van der Waals surface area contributed by atoms with Crippen LogP contribution in [0.15, 0.2) is 36.4 Å². The lowest BCUT2D eigenvalue weighted by Crippen LogP contribution is -2.03. The molecule has 0 heterocycles. The van der Waals surface area contributed by atoms with Crippen molar-refractivity contribution in [3.05, 3.63) is 53.3 Å². The second kappa shape index (κ2) is 5.28. The monoisotopic (exact) mass is 271 g/mol. The predicted molar refractivity (Wildman–Crippen MR) is 72.2 cm³/mol. The Balaban J connectivity index is 2.34. The smallest absolute Gasteiger partial charge is 0.337 e. The lowest BCUT2D eigenvalue weighted by molar-refractivity contribution is 0.0698. The molecule has 2 aromatic rings. The number of anilines is 3. The van der Waals surface area contributed by atoms with Crippen molar-refractivity contribution in [2.45, 2.75) is 0 Å². The largest absolute Gasteiger partial charge is 0.478 e. The molecule has 0 radical (unpaired) electrons. The highest BCUT2D eigenvalue weighted by atomic mass is 19.1. The van der Waals surface area contributed by atoms with Crippen LogP contribution in [0, 0.1) is 17.1 Å². The summed E-state index contributed by atoms with van der Waals surface area (Å²) in [6.45, 7) is 0. The van der Waals surface area contributed by atoms with E-state index in [1.807, 2.05) is 6.07 Å². The molecule has 0 saturated heterocycles. The molecular weight excluding hydrogens is 261 g/mol. The highest BCUT2D eigenvalue weighted by molar-refractivity contribution is 5.94. The summed E-state index contributed by atoms with van der Waals surface area (Å²) in [5.74, 6) is -1.62. The minimum absolute atomic E-state index is 0.00448. The minimum Gasteiger partial charge on any atom is -0.478 e. The van der Waals surface area contributed by atoms with E-state index in [-0.39, 0.29) is 16.8 Å². The van der Waals surface area contributed by atoms with E-state index in [9.17, 15) is 9.18 Å². The number of nitrogens with two attached hydrogens (primary N) is 1. The van der Waals surface area contributed by atoms with Gasteiger partial charge in [-0.2, -0.15) is 5.26 Å². The van der Waals surface area contributed by atoms with Gasteiger partial charge in [0.05, 0.1) is 16.8 Å². The second-order valence-electron chi connectivity index (χ2n) is 4.03. The molecule has 2 aromatic carbocycles. The van der Waals surface area contributed by atoms with E-state index in [0.29, 0.717) is 11.4 Å². The van der Waals surface area contributed by atoms with Gasteiger partial charge in [-0.1, -0.05) is 0 Å². The summed E-state index contributed by atoms with van der Waals surface area (Å²) < 4.78 is 13.0. The zero-order valence-corrected chi connectivity index (χ0v) is 10.2. The minimum atomic E-state index is -1.12. The van der Waals surface area contributed by atoms with Gasteiger partial charge in [-0.15, -0.1) is 0 Å². The van der Waals surface area contributed by atoms with Gasteiger partial charge >= 0.3 is 5.97 Å². The molecule has 0 aliphatic rings. The number of carboxylic acid groups (broad SMARTS) is 1. The molecule has 100 valence electrons. The van der Waals surface area contributed by atoms with E-state index in [0.717, 1.165) is 6.07 Å². The highest BCUT2D eigenvalue weighted by Gasteiger charge is 2.09. The molecule has 2 rings (SSSR count). The van der Waals surface area contributed by atoms with Gasteiger partial charge in [-0.05, 0) is 36.4 Å². The number of hydrogen-bond donors (Lipinski definition) is 3. The van der Waals surface area contributed by atoms with Crippen LogP contribution in [0.3, 0.4) is 0 Å². The molecule has 0 aliphatic heterocycles. The molecule has 0 bridgehead atoms.